The highest BCUT2D eigenvalue weighted by molar-refractivity contribution is 5.98. The molecule has 2 N–H and O–H groups in total. The summed E-state index contributed by atoms with van der Waals surface area (Å²) >= 11 is 0. The first-order chi connectivity index (χ1) is 8.06. The Morgan fingerprint density at radius 2 is 2.18 bits per heavy atom. The number of rotatable bonds is 3. The molecule has 0 aliphatic rings. The summed E-state index contributed by atoms with van der Waals surface area (Å²) in [6.07, 6.45) is 0. The van der Waals surface area contributed by atoms with Crippen molar-refractivity contribution in [1.29, 1.82) is 0 Å². The quantitative estimate of drug-likeness (QED) is 0.855. The van der Waals surface area contributed by atoms with Crippen LogP contribution in [0, 0.1) is 12.7 Å². The van der Waals surface area contributed by atoms with E-state index in [1.54, 1.807) is 6.92 Å². The van der Waals surface area contributed by atoms with E-state index in [2.05, 4.69) is 0 Å². The summed E-state index contributed by atoms with van der Waals surface area (Å²) in [6, 6.07) is 4.12. The molecule has 0 radical (unpaired) electrons. The molecule has 1 aromatic carbocycles. The van der Waals surface area contributed by atoms with Crippen molar-refractivity contribution in [3.8, 4) is 0 Å². The summed E-state index contributed by atoms with van der Waals surface area (Å²) in [5, 5.41) is 18.7. The molecule has 0 amide bonds. The minimum atomic E-state index is -1.08. The first-order valence-corrected chi connectivity index (χ1v) is 5.18. The highest BCUT2D eigenvalue weighted by atomic mass is 19.1. The van der Waals surface area contributed by atoms with Crippen LogP contribution in [0.4, 0.5) is 4.39 Å². The van der Waals surface area contributed by atoms with E-state index in [1.165, 1.54) is 22.8 Å². The number of carboxylic acid groups (broad SMARTS) is 1. The summed E-state index contributed by atoms with van der Waals surface area (Å²) in [7, 11) is 0. The minimum absolute atomic E-state index is 0.0969. The van der Waals surface area contributed by atoms with Crippen molar-refractivity contribution in [2.45, 2.75) is 13.5 Å². The normalized spacial score (nSPS) is 11.0. The van der Waals surface area contributed by atoms with Crippen molar-refractivity contribution < 1.29 is 19.4 Å². The number of hydrogen-bond acceptors (Lipinski definition) is 2. The standard InChI is InChI=1S/C12H12FNO3/c1-7-9-6-8(13)2-3-10(9)14(4-5-15)11(7)12(16)17/h2-3,6,15H,4-5H2,1H3,(H,16,17). The van der Waals surface area contributed by atoms with Gasteiger partial charge in [0, 0.05) is 17.4 Å². The van der Waals surface area contributed by atoms with Crippen LogP contribution in [0.2, 0.25) is 0 Å². The first-order valence-electron chi connectivity index (χ1n) is 5.18. The van der Waals surface area contributed by atoms with E-state index in [4.69, 9.17) is 10.2 Å². The van der Waals surface area contributed by atoms with Gasteiger partial charge in [0.1, 0.15) is 11.5 Å². The summed E-state index contributed by atoms with van der Waals surface area (Å²) in [6.45, 7) is 1.65. The van der Waals surface area contributed by atoms with Gasteiger partial charge < -0.3 is 14.8 Å². The zero-order valence-electron chi connectivity index (χ0n) is 9.27. The molecule has 1 heterocycles. The smallest absolute Gasteiger partial charge is 0.352 e. The van der Waals surface area contributed by atoms with Crippen LogP contribution in [0.1, 0.15) is 16.1 Å². The third kappa shape index (κ3) is 1.78. The van der Waals surface area contributed by atoms with Crippen molar-refractivity contribution in [2.75, 3.05) is 6.61 Å². The number of benzene rings is 1. The van der Waals surface area contributed by atoms with Gasteiger partial charge in [0.15, 0.2) is 0 Å². The van der Waals surface area contributed by atoms with E-state index >= 15 is 0 Å². The van der Waals surface area contributed by atoms with E-state index in [-0.39, 0.29) is 18.8 Å². The fourth-order valence-electron chi connectivity index (χ4n) is 2.10. The lowest BCUT2D eigenvalue weighted by Crippen LogP contribution is -2.11. The van der Waals surface area contributed by atoms with Gasteiger partial charge in [-0.15, -0.1) is 0 Å². The van der Waals surface area contributed by atoms with Gasteiger partial charge in [-0.05, 0) is 30.7 Å². The van der Waals surface area contributed by atoms with Gasteiger partial charge in [-0.3, -0.25) is 0 Å². The van der Waals surface area contributed by atoms with Gasteiger partial charge >= 0.3 is 5.97 Å². The van der Waals surface area contributed by atoms with Crippen LogP contribution >= 0.6 is 0 Å². The van der Waals surface area contributed by atoms with Gasteiger partial charge in [-0.2, -0.15) is 0 Å². The summed E-state index contributed by atoms with van der Waals surface area (Å²) in [5.74, 6) is -1.48. The molecule has 0 fully saturated rings. The Labute approximate surface area is 96.9 Å². The van der Waals surface area contributed by atoms with Crippen LogP contribution in [0.25, 0.3) is 10.9 Å². The zero-order chi connectivity index (χ0) is 12.6. The Bertz CT molecular complexity index is 589. The van der Waals surface area contributed by atoms with Gasteiger partial charge in [0.05, 0.1) is 6.61 Å². The third-order valence-electron chi connectivity index (χ3n) is 2.80. The minimum Gasteiger partial charge on any atom is -0.477 e. The maximum absolute atomic E-state index is 13.1. The predicted octanol–water partition coefficient (Wildman–Crippen LogP) is 1.78. The van der Waals surface area contributed by atoms with Crippen molar-refractivity contribution in [3.05, 3.63) is 35.3 Å². The SMILES string of the molecule is Cc1c(C(=O)O)n(CCO)c2ccc(F)cc12. The molecule has 0 aliphatic carbocycles. The molecule has 17 heavy (non-hydrogen) atoms. The third-order valence-corrected chi connectivity index (χ3v) is 2.80. The number of aryl methyl sites for hydroxylation is 1. The number of carbonyl (C=O) groups is 1. The lowest BCUT2D eigenvalue weighted by atomic mass is 10.1. The fourth-order valence-corrected chi connectivity index (χ4v) is 2.10. The fraction of sp³-hybridized carbons (Fsp3) is 0.250. The predicted molar refractivity (Wildman–Crippen MR) is 60.7 cm³/mol. The van der Waals surface area contributed by atoms with Crippen LogP contribution in [0.5, 0.6) is 0 Å². The van der Waals surface area contributed by atoms with Crippen molar-refractivity contribution >= 4 is 16.9 Å². The molecule has 0 saturated carbocycles. The Hall–Kier alpha value is -1.88. The average molecular weight is 237 g/mol. The monoisotopic (exact) mass is 237 g/mol. The van der Waals surface area contributed by atoms with E-state index < -0.39 is 11.8 Å². The summed E-state index contributed by atoms with van der Waals surface area (Å²) < 4.78 is 14.6. The van der Waals surface area contributed by atoms with Crippen molar-refractivity contribution in [3.63, 3.8) is 0 Å². The van der Waals surface area contributed by atoms with Gasteiger partial charge in [-0.1, -0.05) is 0 Å². The van der Waals surface area contributed by atoms with E-state index in [1.807, 2.05) is 0 Å². The lowest BCUT2D eigenvalue weighted by molar-refractivity contribution is 0.0683. The van der Waals surface area contributed by atoms with Crippen LogP contribution < -0.4 is 0 Å². The molecule has 0 spiro atoms. The second-order valence-corrected chi connectivity index (χ2v) is 3.82. The van der Waals surface area contributed by atoms with E-state index in [9.17, 15) is 9.18 Å². The molecule has 0 saturated heterocycles. The van der Waals surface area contributed by atoms with Crippen LogP contribution in [0.15, 0.2) is 18.2 Å². The van der Waals surface area contributed by atoms with Gasteiger partial charge in [0.25, 0.3) is 0 Å². The molecule has 0 unspecified atom stereocenters. The number of hydrogen-bond donors (Lipinski definition) is 2. The summed E-state index contributed by atoms with van der Waals surface area (Å²) in [5.41, 5.74) is 1.23. The first kappa shape index (κ1) is 11.6. The summed E-state index contributed by atoms with van der Waals surface area (Å²) in [4.78, 5) is 11.2. The number of aromatic carboxylic acids is 1. The average Bonchev–Trinajstić information content (AvgIpc) is 2.53. The lowest BCUT2D eigenvalue weighted by Gasteiger charge is -2.05. The Morgan fingerprint density at radius 1 is 1.47 bits per heavy atom. The Morgan fingerprint density at radius 3 is 2.76 bits per heavy atom. The second-order valence-electron chi connectivity index (χ2n) is 3.82. The number of aliphatic hydroxyl groups excluding tert-OH is 1. The van der Waals surface area contributed by atoms with Crippen molar-refractivity contribution in [1.82, 2.24) is 4.57 Å². The highest BCUT2D eigenvalue weighted by Gasteiger charge is 2.19. The topological polar surface area (TPSA) is 62.5 Å². The highest BCUT2D eigenvalue weighted by Crippen LogP contribution is 2.26. The Kier molecular flexibility index (Phi) is 2.85. The molecule has 4 nitrogen and oxygen atoms in total. The second kappa shape index (κ2) is 4.18. The van der Waals surface area contributed by atoms with Gasteiger partial charge in [-0.25, -0.2) is 9.18 Å². The molecule has 0 bridgehead atoms. The van der Waals surface area contributed by atoms with Crippen molar-refractivity contribution in [2.24, 2.45) is 0 Å². The number of nitrogens with zero attached hydrogens (tertiary/aromatic N) is 1. The zero-order valence-corrected chi connectivity index (χ0v) is 9.27. The molecular weight excluding hydrogens is 225 g/mol. The van der Waals surface area contributed by atoms with Crippen LogP contribution in [-0.4, -0.2) is 27.4 Å². The largest absolute Gasteiger partial charge is 0.477 e. The molecule has 1 aromatic heterocycles. The molecule has 90 valence electrons. The molecule has 2 rings (SSSR count). The number of halogens is 1. The molecule has 0 atom stereocenters. The maximum Gasteiger partial charge on any atom is 0.352 e. The number of carboxylic acids is 1. The number of aromatic nitrogens is 1. The molecule has 0 aliphatic heterocycles. The number of fused-ring (bicyclic) bond motifs is 1. The van der Waals surface area contributed by atoms with Crippen LogP contribution in [0.3, 0.4) is 0 Å². The molecule has 5 heteroatoms. The van der Waals surface area contributed by atoms with E-state index in [0.717, 1.165) is 0 Å². The van der Waals surface area contributed by atoms with Crippen LogP contribution in [-0.2, 0) is 6.54 Å². The molecular formula is C12H12FNO3. The Balaban J connectivity index is 2.82. The van der Waals surface area contributed by atoms with Gasteiger partial charge in [0.2, 0.25) is 0 Å². The number of aliphatic hydroxyl groups is 1. The molecule has 2 aromatic rings. The maximum atomic E-state index is 13.1. The van der Waals surface area contributed by atoms with E-state index in [0.29, 0.717) is 16.5 Å².